The number of halogens is 1. The van der Waals surface area contributed by atoms with Crippen molar-refractivity contribution < 1.29 is 14.3 Å². The molecule has 0 saturated carbocycles. The number of aromatic amines is 1. The smallest absolute Gasteiger partial charge is 0.233 e. The number of rotatable bonds is 9. The molecular weight excluding hydrogens is 466 g/mol. The fraction of sp³-hybridized carbons (Fsp3) is 0.273. The SMILES string of the molecule is CCN(Cc1ccc(OC)c(OC)c1)C(=O)CSc1ncc(-c2ccc(Br)cc2)[nH]1. The summed E-state index contributed by atoms with van der Waals surface area (Å²) in [6.07, 6.45) is 1.79. The summed E-state index contributed by atoms with van der Waals surface area (Å²) in [6, 6.07) is 13.7. The summed E-state index contributed by atoms with van der Waals surface area (Å²) in [5.74, 6) is 1.70. The molecule has 1 N–H and O–H groups in total. The average Bonchev–Trinajstić information content (AvgIpc) is 3.25. The Labute approximate surface area is 189 Å². The van der Waals surface area contributed by atoms with Gasteiger partial charge >= 0.3 is 0 Å². The maximum atomic E-state index is 12.7. The molecule has 3 rings (SSSR count). The van der Waals surface area contributed by atoms with E-state index in [1.54, 1.807) is 20.4 Å². The molecule has 30 heavy (non-hydrogen) atoms. The van der Waals surface area contributed by atoms with E-state index in [-0.39, 0.29) is 5.91 Å². The monoisotopic (exact) mass is 489 g/mol. The van der Waals surface area contributed by atoms with Gasteiger partial charge in [-0.2, -0.15) is 0 Å². The quantitative estimate of drug-likeness (QED) is 0.428. The van der Waals surface area contributed by atoms with Crippen LogP contribution in [0.5, 0.6) is 11.5 Å². The van der Waals surface area contributed by atoms with Gasteiger partial charge in [0.1, 0.15) is 0 Å². The summed E-state index contributed by atoms with van der Waals surface area (Å²) >= 11 is 4.84. The van der Waals surface area contributed by atoms with Gasteiger partial charge in [-0.3, -0.25) is 4.79 Å². The van der Waals surface area contributed by atoms with Crippen molar-refractivity contribution >= 4 is 33.6 Å². The number of benzene rings is 2. The summed E-state index contributed by atoms with van der Waals surface area (Å²) < 4.78 is 11.7. The minimum absolute atomic E-state index is 0.0545. The van der Waals surface area contributed by atoms with Crippen LogP contribution in [-0.4, -0.2) is 47.3 Å². The largest absolute Gasteiger partial charge is 0.493 e. The standard InChI is InChI=1S/C22H24BrN3O3S/c1-4-26(13-15-5-10-19(28-2)20(11-15)29-3)21(27)14-30-22-24-12-18(25-22)16-6-8-17(23)9-7-16/h5-12H,4,13-14H2,1-3H3,(H,24,25). The molecule has 0 radical (unpaired) electrons. The Bertz CT molecular complexity index is 992. The lowest BCUT2D eigenvalue weighted by Gasteiger charge is -2.21. The molecule has 0 saturated heterocycles. The van der Waals surface area contributed by atoms with E-state index in [1.165, 1.54) is 11.8 Å². The van der Waals surface area contributed by atoms with Crippen LogP contribution >= 0.6 is 27.7 Å². The number of amides is 1. The number of nitrogens with one attached hydrogen (secondary N) is 1. The van der Waals surface area contributed by atoms with Crippen LogP contribution in [0.2, 0.25) is 0 Å². The van der Waals surface area contributed by atoms with Gasteiger partial charge < -0.3 is 19.4 Å². The molecule has 2 aromatic carbocycles. The molecule has 0 unspecified atom stereocenters. The van der Waals surface area contributed by atoms with E-state index in [4.69, 9.17) is 9.47 Å². The molecule has 6 nitrogen and oxygen atoms in total. The minimum atomic E-state index is 0.0545. The second kappa shape index (κ2) is 10.5. The number of methoxy groups -OCH3 is 2. The van der Waals surface area contributed by atoms with Crippen molar-refractivity contribution in [2.75, 3.05) is 26.5 Å². The number of nitrogens with zero attached hydrogens (tertiary/aromatic N) is 2. The highest BCUT2D eigenvalue weighted by Gasteiger charge is 2.15. The van der Waals surface area contributed by atoms with E-state index in [0.29, 0.717) is 30.3 Å². The van der Waals surface area contributed by atoms with E-state index >= 15 is 0 Å². The Hall–Kier alpha value is -2.45. The molecule has 0 aliphatic carbocycles. The molecule has 0 bridgehead atoms. The first-order valence-electron chi connectivity index (χ1n) is 9.46. The predicted molar refractivity (Wildman–Crippen MR) is 123 cm³/mol. The van der Waals surface area contributed by atoms with Crippen LogP contribution in [0, 0.1) is 0 Å². The summed E-state index contributed by atoms with van der Waals surface area (Å²) in [7, 11) is 3.21. The van der Waals surface area contributed by atoms with Gasteiger partial charge in [-0.05, 0) is 42.3 Å². The molecule has 0 aliphatic rings. The van der Waals surface area contributed by atoms with Crippen molar-refractivity contribution in [3.8, 4) is 22.8 Å². The van der Waals surface area contributed by atoms with Crippen LogP contribution in [-0.2, 0) is 11.3 Å². The maximum absolute atomic E-state index is 12.7. The summed E-state index contributed by atoms with van der Waals surface area (Å²) in [6.45, 7) is 3.11. The maximum Gasteiger partial charge on any atom is 0.233 e. The molecule has 0 fully saturated rings. The number of carbonyl (C=O) groups is 1. The highest BCUT2D eigenvalue weighted by molar-refractivity contribution is 9.10. The number of aromatic nitrogens is 2. The van der Waals surface area contributed by atoms with Gasteiger partial charge in [-0.15, -0.1) is 0 Å². The zero-order chi connectivity index (χ0) is 21.5. The molecule has 158 valence electrons. The number of hydrogen-bond donors (Lipinski definition) is 1. The molecular formula is C22H24BrN3O3S. The normalized spacial score (nSPS) is 10.7. The molecule has 3 aromatic rings. The summed E-state index contributed by atoms with van der Waals surface area (Å²) in [4.78, 5) is 22.2. The lowest BCUT2D eigenvalue weighted by Crippen LogP contribution is -2.31. The number of H-pyrrole nitrogens is 1. The second-order valence-electron chi connectivity index (χ2n) is 6.49. The molecule has 1 amide bonds. The van der Waals surface area contributed by atoms with Gasteiger partial charge in [0.05, 0.1) is 31.9 Å². The lowest BCUT2D eigenvalue weighted by molar-refractivity contribution is -0.128. The Morgan fingerprint density at radius 1 is 1.13 bits per heavy atom. The van der Waals surface area contributed by atoms with Gasteiger partial charge in [0.15, 0.2) is 16.7 Å². The topological polar surface area (TPSA) is 67.5 Å². The highest BCUT2D eigenvalue weighted by Crippen LogP contribution is 2.28. The molecule has 1 heterocycles. The fourth-order valence-electron chi connectivity index (χ4n) is 2.95. The van der Waals surface area contributed by atoms with Crippen LogP contribution in [0.25, 0.3) is 11.3 Å². The number of hydrogen-bond acceptors (Lipinski definition) is 5. The van der Waals surface area contributed by atoms with Gasteiger partial charge in [0, 0.05) is 17.6 Å². The zero-order valence-electron chi connectivity index (χ0n) is 17.1. The van der Waals surface area contributed by atoms with Crippen LogP contribution < -0.4 is 9.47 Å². The van der Waals surface area contributed by atoms with Crippen molar-refractivity contribution in [2.24, 2.45) is 0 Å². The number of imidazole rings is 1. The van der Waals surface area contributed by atoms with Crippen LogP contribution in [0.4, 0.5) is 0 Å². The van der Waals surface area contributed by atoms with Gasteiger partial charge in [0.25, 0.3) is 0 Å². The summed E-state index contributed by atoms with van der Waals surface area (Å²) in [5, 5.41) is 0.725. The third kappa shape index (κ3) is 5.58. The Morgan fingerprint density at radius 3 is 2.53 bits per heavy atom. The molecule has 8 heteroatoms. The van der Waals surface area contributed by atoms with Gasteiger partial charge in [0.2, 0.25) is 5.91 Å². The van der Waals surface area contributed by atoms with E-state index in [9.17, 15) is 4.79 Å². The molecule has 1 aromatic heterocycles. The molecule has 0 spiro atoms. The van der Waals surface area contributed by atoms with Crippen LogP contribution in [0.1, 0.15) is 12.5 Å². The number of thioether (sulfide) groups is 1. The average molecular weight is 490 g/mol. The first-order chi connectivity index (χ1) is 14.5. The Morgan fingerprint density at radius 2 is 1.87 bits per heavy atom. The van der Waals surface area contributed by atoms with Crippen molar-refractivity contribution in [2.45, 2.75) is 18.6 Å². The van der Waals surface area contributed by atoms with E-state index in [0.717, 1.165) is 26.4 Å². The van der Waals surface area contributed by atoms with Gasteiger partial charge in [-0.1, -0.05) is 45.9 Å². The predicted octanol–water partition coefficient (Wildman–Crippen LogP) is 5.00. The number of carbonyl (C=O) groups excluding carboxylic acids is 1. The van der Waals surface area contributed by atoms with Crippen LogP contribution in [0.15, 0.2) is 58.3 Å². The third-order valence-electron chi connectivity index (χ3n) is 4.60. The lowest BCUT2D eigenvalue weighted by atomic mass is 10.2. The highest BCUT2D eigenvalue weighted by atomic mass is 79.9. The molecule has 0 atom stereocenters. The Balaban J connectivity index is 1.60. The first-order valence-corrected chi connectivity index (χ1v) is 11.2. The van der Waals surface area contributed by atoms with Crippen molar-refractivity contribution in [1.29, 1.82) is 0 Å². The van der Waals surface area contributed by atoms with Gasteiger partial charge in [-0.25, -0.2) is 4.98 Å². The third-order valence-corrected chi connectivity index (χ3v) is 6.00. The molecule has 0 aliphatic heterocycles. The fourth-order valence-corrected chi connectivity index (χ4v) is 3.97. The zero-order valence-corrected chi connectivity index (χ0v) is 19.5. The Kier molecular flexibility index (Phi) is 7.81. The van der Waals surface area contributed by atoms with Crippen molar-refractivity contribution in [3.05, 3.63) is 58.7 Å². The van der Waals surface area contributed by atoms with E-state index < -0.39 is 0 Å². The van der Waals surface area contributed by atoms with Crippen molar-refractivity contribution in [3.63, 3.8) is 0 Å². The van der Waals surface area contributed by atoms with E-state index in [1.807, 2.05) is 54.3 Å². The van der Waals surface area contributed by atoms with Crippen LogP contribution in [0.3, 0.4) is 0 Å². The first kappa shape index (κ1) is 22.2. The number of ether oxygens (including phenoxy) is 2. The summed E-state index contributed by atoms with van der Waals surface area (Å²) in [5.41, 5.74) is 2.96. The second-order valence-corrected chi connectivity index (χ2v) is 8.37. The minimum Gasteiger partial charge on any atom is -0.493 e. The van der Waals surface area contributed by atoms with Crippen molar-refractivity contribution in [1.82, 2.24) is 14.9 Å². The van der Waals surface area contributed by atoms with E-state index in [2.05, 4.69) is 25.9 Å².